The van der Waals surface area contributed by atoms with Crippen molar-refractivity contribution < 1.29 is 22.4 Å². The van der Waals surface area contributed by atoms with Crippen LogP contribution in [0.15, 0.2) is 54.6 Å². The van der Waals surface area contributed by atoms with Gasteiger partial charge in [-0.1, -0.05) is 49.6 Å². The molecule has 7 nitrogen and oxygen atoms in total. The number of anilines is 1. The summed E-state index contributed by atoms with van der Waals surface area (Å²) in [6, 6.07) is 13.8. The minimum absolute atomic E-state index is 0.0940. The summed E-state index contributed by atoms with van der Waals surface area (Å²) in [5.74, 6) is -1.25. The van der Waals surface area contributed by atoms with E-state index in [0.717, 1.165) is 60.4 Å². The third kappa shape index (κ3) is 7.78. The van der Waals surface area contributed by atoms with Gasteiger partial charge in [0.25, 0.3) is 0 Å². The second-order valence-corrected chi connectivity index (χ2v) is 11.0. The molecule has 0 aromatic heterocycles. The Bertz CT molecular complexity index is 1090. The Morgan fingerprint density at radius 3 is 2.26 bits per heavy atom. The minimum Gasteiger partial charge on any atom is -0.352 e. The molecule has 0 bridgehead atoms. The molecule has 1 fully saturated rings. The zero-order valence-corrected chi connectivity index (χ0v) is 21.1. The number of carbonyl (C=O) groups is 2. The molecular formula is C26H34FN3O4S. The zero-order chi connectivity index (χ0) is 25.4. The van der Waals surface area contributed by atoms with E-state index >= 15 is 0 Å². The summed E-state index contributed by atoms with van der Waals surface area (Å²) in [7, 11) is -3.83. The average Bonchev–Trinajstić information content (AvgIpc) is 2.84. The molecule has 35 heavy (non-hydrogen) atoms. The number of nitrogens with one attached hydrogen (secondary N) is 1. The molecule has 2 amide bonds. The second-order valence-electron chi connectivity index (χ2n) is 9.09. The van der Waals surface area contributed by atoms with Crippen LogP contribution in [0, 0.1) is 5.82 Å². The van der Waals surface area contributed by atoms with Gasteiger partial charge in [-0.25, -0.2) is 12.8 Å². The molecule has 1 saturated carbocycles. The van der Waals surface area contributed by atoms with E-state index in [2.05, 4.69) is 5.32 Å². The summed E-state index contributed by atoms with van der Waals surface area (Å²) in [4.78, 5) is 28.0. The van der Waals surface area contributed by atoms with Gasteiger partial charge in [0.2, 0.25) is 21.8 Å². The van der Waals surface area contributed by atoms with Gasteiger partial charge in [-0.15, -0.1) is 0 Å². The van der Waals surface area contributed by atoms with Crippen LogP contribution in [0.2, 0.25) is 0 Å². The van der Waals surface area contributed by atoms with Gasteiger partial charge in [0.05, 0.1) is 11.9 Å². The van der Waals surface area contributed by atoms with E-state index in [9.17, 15) is 22.4 Å². The first-order chi connectivity index (χ1) is 16.6. The number of sulfonamides is 1. The lowest BCUT2D eigenvalue weighted by Crippen LogP contribution is -2.53. The van der Waals surface area contributed by atoms with Crippen molar-refractivity contribution in [2.24, 2.45) is 0 Å². The summed E-state index contributed by atoms with van der Waals surface area (Å²) < 4.78 is 39.3. The molecule has 1 aliphatic carbocycles. The van der Waals surface area contributed by atoms with Crippen molar-refractivity contribution in [3.05, 3.63) is 66.0 Å². The lowest BCUT2D eigenvalue weighted by Gasteiger charge is -2.33. The molecule has 190 valence electrons. The Morgan fingerprint density at radius 2 is 1.66 bits per heavy atom. The molecule has 0 heterocycles. The van der Waals surface area contributed by atoms with Crippen LogP contribution in [-0.4, -0.2) is 56.6 Å². The molecule has 0 spiro atoms. The number of rotatable bonds is 10. The van der Waals surface area contributed by atoms with Crippen molar-refractivity contribution in [2.75, 3.05) is 23.7 Å². The quantitative estimate of drug-likeness (QED) is 0.538. The van der Waals surface area contributed by atoms with Crippen LogP contribution < -0.4 is 9.62 Å². The largest absolute Gasteiger partial charge is 0.352 e. The van der Waals surface area contributed by atoms with Gasteiger partial charge in [0.15, 0.2) is 0 Å². The van der Waals surface area contributed by atoms with Crippen LogP contribution in [0.25, 0.3) is 0 Å². The van der Waals surface area contributed by atoms with E-state index in [0.29, 0.717) is 6.42 Å². The summed E-state index contributed by atoms with van der Waals surface area (Å²) in [5.41, 5.74) is 1.19. The second kappa shape index (κ2) is 12.2. The van der Waals surface area contributed by atoms with Gasteiger partial charge in [-0.2, -0.15) is 0 Å². The topological polar surface area (TPSA) is 86.8 Å². The molecule has 9 heteroatoms. The maximum absolute atomic E-state index is 13.5. The van der Waals surface area contributed by atoms with Gasteiger partial charge in [0, 0.05) is 12.6 Å². The van der Waals surface area contributed by atoms with E-state index in [4.69, 9.17) is 0 Å². The standard InChI is InChI=1S/C26H34FN3O4S/c1-20(26(32)28-23-11-7-4-8-12-23)29(18-17-21-9-5-3-6-10-21)25(31)19-30(35(2,33)34)24-15-13-22(27)14-16-24/h3,5-6,9-10,13-16,20,23H,4,7-8,11-12,17-19H2,1-2H3,(H,28,32)/t20-/m1/s1. The van der Waals surface area contributed by atoms with Crippen LogP contribution in [0.1, 0.15) is 44.6 Å². The Hall–Kier alpha value is -2.94. The monoisotopic (exact) mass is 503 g/mol. The first-order valence-corrected chi connectivity index (χ1v) is 13.9. The molecule has 0 saturated heterocycles. The van der Waals surface area contributed by atoms with Crippen LogP contribution in [0.4, 0.5) is 10.1 Å². The predicted octanol–water partition coefficient (Wildman–Crippen LogP) is 3.50. The average molecular weight is 504 g/mol. The summed E-state index contributed by atoms with van der Waals surface area (Å²) >= 11 is 0. The normalized spacial score (nSPS) is 15.3. The molecule has 0 unspecified atom stereocenters. The molecule has 3 rings (SSSR count). The smallest absolute Gasteiger partial charge is 0.244 e. The van der Waals surface area contributed by atoms with Gasteiger partial charge < -0.3 is 10.2 Å². The van der Waals surface area contributed by atoms with E-state index < -0.39 is 34.3 Å². The van der Waals surface area contributed by atoms with Gasteiger partial charge >= 0.3 is 0 Å². The van der Waals surface area contributed by atoms with Crippen molar-refractivity contribution in [2.45, 2.75) is 57.5 Å². The zero-order valence-electron chi connectivity index (χ0n) is 20.3. The highest BCUT2D eigenvalue weighted by atomic mass is 32.2. The first-order valence-electron chi connectivity index (χ1n) is 12.0. The molecule has 2 aromatic carbocycles. The van der Waals surface area contributed by atoms with Gasteiger partial charge in [-0.05, 0) is 56.0 Å². The van der Waals surface area contributed by atoms with Crippen molar-refractivity contribution in [3.8, 4) is 0 Å². The van der Waals surface area contributed by atoms with Gasteiger partial charge in [-0.3, -0.25) is 13.9 Å². The fourth-order valence-electron chi connectivity index (χ4n) is 4.36. The first kappa shape index (κ1) is 26.7. The highest BCUT2D eigenvalue weighted by Crippen LogP contribution is 2.20. The van der Waals surface area contributed by atoms with Crippen LogP contribution >= 0.6 is 0 Å². The lowest BCUT2D eigenvalue weighted by atomic mass is 9.95. The Balaban J connectivity index is 1.80. The van der Waals surface area contributed by atoms with Crippen molar-refractivity contribution in [3.63, 3.8) is 0 Å². The number of hydrogen-bond donors (Lipinski definition) is 1. The van der Waals surface area contributed by atoms with Crippen LogP contribution in [-0.2, 0) is 26.0 Å². The highest BCUT2D eigenvalue weighted by molar-refractivity contribution is 7.92. The van der Waals surface area contributed by atoms with Crippen molar-refractivity contribution >= 4 is 27.5 Å². The molecule has 2 aromatic rings. The van der Waals surface area contributed by atoms with Crippen LogP contribution in [0.3, 0.4) is 0 Å². The van der Waals surface area contributed by atoms with E-state index in [1.165, 1.54) is 17.0 Å². The number of carbonyl (C=O) groups excluding carboxylic acids is 2. The SMILES string of the molecule is C[C@H](C(=O)NC1CCCCC1)N(CCc1ccccc1)C(=O)CN(c1ccc(F)cc1)S(C)(=O)=O. The fraction of sp³-hybridized carbons (Fsp3) is 0.462. The Morgan fingerprint density at radius 1 is 1.03 bits per heavy atom. The number of nitrogens with zero attached hydrogens (tertiary/aromatic N) is 2. The third-order valence-electron chi connectivity index (χ3n) is 6.40. The van der Waals surface area contributed by atoms with Crippen LogP contribution in [0.5, 0.6) is 0 Å². The number of amides is 2. The summed E-state index contributed by atoms with van der Waals surface area (Å²) in [5, 5.41) is 3.07. The lowest BCUT2D eigenvalue weighted by molar-refractivity contribution is -0.139. The number of hydrogen-bond acceptors (Lipinski definition) is 4. The third-order valence-corrected chi connectivity index (χ3v) is 7.54. The highest BCUT2D eigenvalue weighted by Gasteiger charge is 2.30. The van der Waals surface area contributed by atoms with E-state index in [1.54, 1.807) is 6.92 Å². The summed E-state index contributed by atoms with van der Waals surface area (Å²) in [6.45, 7) is 1.44. The fourth-order valence-corrected chi connectivity index (χ4v) is 5.21. The van der Waals surface area contributed by atoms with Gasteiger partial charge in [0.1, 0.15) is 18.4 Å². The molecule has 1 atom stereocenters. The van der Waals surface area contributed by atoms with E-state index in [-0.39, 0.29) is 24.2 Å². The van der Waals surface area contributed by atoms with E-state index in [1.807, 2.05) is 30.3 Å². The molecule has 0 radical (unpaired) electrons. The maximum atomic E-state index is 13.5. The molecule has 0 aliphatic heterocycles. The van der Waals surface area contributed by atoms with Crippen molar-refractivity contribution in [1.82, 2.24) is 10.2 Å². The number of halogens is 1. The summed E-state index contributed by atoms with van der Waals surface area (Å²) in [6.07, 6.45) is 6.65. The molecule has 1 aliphatic rings. The Kier molecular flexibility index (Phi) is 9.26. The Labute approximate surface area is 207 Å². The molecular weight excluding hydrogens is 469 g/mol. The minimum atomic E-state index is -3.83. The predicted molar refractivity (Wildman–Crippen MR) is 135 cm³/mol. The van der Waals surface area contributed by atoms with Crippen molar-refractivity contribution in [1.29, 1.82) is 0 Å². The molecule has 1 N–H and O–H groups in total. The number of benzene rings is 2. The maximum Gasteiger partial charge on any atom is 0.244 e.